The van der Waals surface area contributed by atoms with Crippen molar-refractivity contribution in [2.75, 3.05) is 0 Å². The van der Waals surface area contributed by atoms with Crippen LogP contribution in [0.1, 0.15) is 15.9 Å². The first-order chi connectivity index (χ1) is 5.79. The van der Waals surface area contributed by atoms with Crippen molar-refractivity contribution in [3.63, 3.8) is 0 Å². The highest BCUT2D eigenvalue weighted by molar-refractivity contribution is 9.08. The molecule has 0 amide bonds. The third-order valence-corrected chi connectivity index (χ3v) is 2.35. The number of carbonyl (C=O) groups is 1. The van der Waals surface area contributed by atoms with Gasteiger partial charge in [0.05, 0.1) is 5.56 Å². The van der Waals surface area contributed by atoms with Crippen LogP contribution in [0.5, 0.6) is 0 Å². The van der Waals surface area contributed by atoms with Gasteiger partial charge in [-0.3, -0.25) is 0 Å². The molecule has 0 aliphatic carbocycles. The van der Waals surface area contributed by atoms with E-state index in [4.69, 9.17) is 0 Å². The molecule has 0 atom stereocenters. The SMILES string of the molecule is O=C(OBr)c1ccccc1CBr. The fourth-order valence-electron chi connectivity index (χ4n) is 0.878. The van der Waals surface area contributed by atoms with E-state index in [9.17, 15) is 4.79 Å². The zero-order chi connectivity index (χ0) is 8.97. The third kappa shape index (κ3) is 2.08. The van der Waals surface area contributed by atoms with Gasteiger partial charge in [-0.05, 0) is 11.6 Å². The number of alkyl halides is 1. The van der Waals surface area contributed by atoms with Crippen LogP contribution in [0.3, 0.4) is 0 Å². The molecule has 4 heteroatoms. The molecule has 0 saturated heterocycles. The standard InChI is InChI=1S/C8H6Br2O2/c9-5-6-3-1-2-4-7(6)8(11)12-10/h1-4H,5H2. The fourth-order valence-corrected chi connectivity index (χ4v) is 1.54. The van der Waals surface area contributed by atoms with Crippen LogP contribution in [0.4, 0.5) is 0 Å². The van der Waals surface area contributed by atoms with Gasteiger partial charge in [0.2, 0.25) is 0 Å². The normalized spacial score (nSPS) is 9.50. The molecule has 0 heterocycles. The molecular formula is C8H6Br2O2. The van der Waals surface area contributed by atoms with E-state index in [1.807, 2.05) is 12.1 Å². The van der Waals surface area contributed by atoms with Crippen LogP contribution < -0.4 is 0 Å². The predicted octanol–water partition coefficient (Wildman–Crippen LogP) is 3.05. The van der Waals surface area contributed by atoms with Crippen molar-refractivity contribution in [2.24, 2.45) is 0 Å². The Morgan fingerprint density at radius 3 is 2.67 bits per heavy atom. The first-order valence-corrected chi connectivity index (χ1v) is 5.03. The van der Waals surface area contributed by atoms with E-state index in [1.165, 1.54) is 0 Å². The van der Waals surface area contributed by atoms with Crippen molar-refractivity contribution in [1.82, 2.24) is 0 Å². The third-order valence-electron chi connectivity index (χ3n) is 1.45. The summed E-state index contributed by atoms with van der Waals surface area (Å²) < 4.78 is 4.43. The van der Waals surface area contributed by atoms with E-state index >= 15 is 0 Å². The minimum atomic E-state index is -0.370. The Balaban J connectivity index is 3.04. The summed E-state index contributed by atoms with van der Waals surface area (Å²) in [4.78, 5) is 11.1. The van der Waals surface area contributed by atoms with Crippen LogP contribution in [-0.4, -0.2) is 5.97 Å². The van der Waals surface area contributed by atoms with Crippen LogP contribution in [-0.2, 0) is 9.16 Å². The van der Waals surface area contributed by atoms with Gasteiger partial charge in [-0.1, -0.05) is 34.1 Å². The molecule has 1 rings (SSSR count). The molecule has 0 N–H and O–H groups in total. The van der Waals surface area contributed by atoms with Crippen molar-refractivity contribution in [3.05, 3.63) is 35.4 Å². The summed E-state index contributed by atoms with van der Waals surface area (Å²) in [6.07, 6.45) is 0. The Morgan fingerprint density at radius 1 is 1.42 bits per heavy atom. The molecular weight excluding hydrogens is 288 g/mol. The molecule has 0 bridgehead atoms. The maximum Gasteiger partial charge on any atom is 0.349 e. The van der Waals surface area contributed by atoms with Crippen LogP contribution in [0.25, 0.3) is 0 Å². The van der Waals surface area contributed by atoms with Crippen molar-refractivity contribution in [2.45, 2.75) is 5.33 Å². The lowest BCUT2D eigenvalue weighted by Gasteiger charge is -2.01. The largest absolute Gasteiger partial charge is 0.380 e. The summed E-state index contributed by atoms with van der Waals surface area (Å²) in [6.45, 7) is 0. The molecule has 0 radical (unpaired) electrons. The molecule has 1 aromatic carbocycles. The van der Waals surface area contributed by atoms with Gasteiger partial charge in [0, 0.05) is 5.33 Å². The van der Waals surface area contributed by atoms with Crippen molar-refractivity contribution in [1.29, 1.82) is 0 Å². The molecule has 0 aliphatic heterocycles. The molecule has 64 valence electrons. The van der Waals surface area contributed by atoms with Crippen LogP contribution in [0.2, 0.25) is 0 Å². The quantitative estimate of drug-likeness (QED) is 0.784. The van der Waals surface area contributed by atoms with Crippen molar-refractivity contribution in [3.8, 4) is 0 Å². The second kappa shape index (κ2) is 4.62. The van der Waals surface area contributed by atoms with Crippen LogP contribution >= 0.6 is 32.2 Å². The fraction of sp³-hybridized carbons (Fsp3) is 0.125. The summed E-state index contributed by atoms with van der Waals surface area (Å²) in [7, 11) is 0. The smallest absolute Gasteiger partial charge is 0.349 e. The van der Waals surface area contributed by atoms with Gasteiger partial charge in [-0.25, -0.2) is 4.79 Å². The number of hydrogen-bond acceptors (Lipinski definition) is 2. The van der Waals surface area contributed by atoms with E-state index in [0.717, 1.165) is 5.56 Å². The Labute approximate surface area is 87.5 Å². The highest BCUT2D eigenvalue weighted by Gasteiger charge is 2.09. The Bertz CT molecular complexity index is 286. The lowest BCUT2D eigenvalue weighted by molar-refractivity contribution is 0.0781. The van der Waals surface area contributed by atoms with Crippen molar-refractivity contribution < 1.29 is 8.62 Å². The predicted molar refractivity (Wildman–Crippen MR) is 53.4 cm³/mol. The van der Waals surface area contributed by atoms with E-state index in [0.29, 0.717) is 10.9 Å². The number of carbonyl (C=O) groups excluding carboxylic acids is 1. The average Bonchev–Trinajstić information content (AvgIpc) is 2.16. The monoisotopic (exact) mass is 292 g/mol. The van der Waals surface area contributed by atoms with Crippen LogP contribution in [0, 0.1) is 0 Å². The lowest BCUT2D eigenvalue weighted by atomic mass is 10.1. The first-order valence-electron chi connectivity index (χ1n) is 3.26. The molecule has 0 aromatic heterocycles. The molecule has 0 aliphatic rings. The molecule has 0 unspecified atom stereocenters. The minimum absolute atomic E-state index is 0.370. The van der Waals surface area contributed by atoms with E-state index in [-0.39, 0.29) is 5.97 Å². The highest BCUT2D eigenvalue weighted by atomic mass is 79.9. The Morgan fingerprint density at radius 2 is 2.08 bits per heavy atom. The highest BCUT2D eigenvalue weighted by Crippen LogP contribution is 2.14. The van der Waals surface area contributed by atoms with Gasteiger partial charge in [0.15, 0.2) is 16.3 Å². The molecule has 0 spiro atoms. The van der Waals surface area contributed by atoms with E-state index < -0.39 is 0 Å². The van der Waals surface area contributed by atoms with Crippen LogP contribution in [0.15, 0.2) is 24.3 Å². The number of hydrogen-bond donors (Lipinski definition) is 0. The summed E-state index contributed by atoms with van der Waals surface area (Å²) in [5.41, 5.74) is 1.49. The van der Waals surface area contributed by atoms with Gasteiger partial charge >= 0.3 is 5.97 Å². The Kier molecular flexibility index (Phi) is 3.75. The summed E-state index contributed by atoms with van der Waals surface area (Å²) in [5.74, 6) is -0.370. The molecule has 1 aromatic rings. The zero-order valence-electron chi connectivity index (χ0n) is 6.09. The van der Waals surface area contributed by atoms with E-state index in [1.54, 1.807) is 12.1 Å². The van der Waals surface area contributed by atoms with Gasteiger partial charge in [0.1, 0.15) is 0 Å². The maximum atomic E-state index is 11.1. The second-order valence-corrected chi connectivity index (χ2v) is 3.04. The van der Waals surface area contributed by atoms with Crippen molar-refractivity contribution >= 4 is 38.2 Å². The summed E-state index contributed by atoms with van der Waals surface area (Å²) >= 11 is 5.93. The molecule has 2 nitrogen and oxygen atoms in total. The maximum absolute atomic E-state index is 11.1. The first kappa shape index (κ1) is 9.74. The number of rotatable bonds is 2. The van der Waals surface area contributed by atoms with E-state index in [2.05, 4.69) is 36.0 Å². The average molecular weight is 294 g/mol. The van der Waals surface area contributed by atoms with Gasteiger partial charge in [-0.2, -0.15) is 0 Å². The van der Waals surface area contributed by atoms with Gasteiger partial charge in [-0.15, -0.1) is 0 Å². The molecule has 12 heavy (non-hydrogen) atoms. The minimum Gasteiger partial charge on any atom is -0.380 e. The van der Waals surface area contributed by atoms with Gasteiger partial charge in [0.25, 0.3) is 0 Å². The number of benzene rings is 1. The molecule has 0 saturated carbocycles. The zero-order valence-corrected chi connectivity index (χ0v) is 9.26. The second-order valence-electron chi connectivity index (χ2n) is 2.16. The number of halogens is 2. The lowest BCUT2D eigenvalue weighted by Crippen LogP contribution is -2.01. The van der Waals surface area contributed by atoms with Gasteiger partial charge < -0.3 is 3.83 Å². The summed E-state index contributed by atoms with van der Waals surface area (Å²) in [6, 6.07) is 7.27. The summed E-state index contributed by atoms with van der Waals surface area (Å²) in [5, 5.41) is 0.644. The molecule has 0 fully saturated rings. The Hall–Kier alpha value is -0.350. The topological polar surface area (TPSA) is 26.3 Å².